The van der Waals surface area contributed by atoms with E-state index in [4.69, 9.17) is 5.73 Å². The number of carbonyl (C=O) groups excluding carboxylic acids is 1. The summed E-state index contributed by atoms with van der Waals surface area (Å²) in [5, 5.41) is 3.95. The van der Waals surface area contributed by atoms with Gasteiger partial charge in [-0.2, -0.15) is 5.10 Å². The molecule has 1 rings (SSSR count). The van der Waals surface area contributed by atoms with Gasteiger partial charge in [-0.15, -0.1) is 0 Å². The van der Waals surface area contributed by atoms with Gasteiger partial charge in [0.05, 0.1) is 24.3 Å². The number of methoxy groups -OCH3 is 1. The van der Waals surface area contributed by atoms with Gasteiger partial charge in [0.1, 0.15) is 6.04 Å². The minimum atomic E-state index is -0.670. The van der Waals surface area contributed by atoms with Crippen LogP contribution in [0, 0.1) is 0 Å². The molecule has 2 N–H and O–H groups in total. The van der Waals surface area contributed by atoms with Gasteiger partial charge in [0, 0.05) is 6.20 Å². The van der Waals surface area contributed by atoms with E-state index in [0.29, 0.717) is 6.54 Å². The fraction of sp³-hybridized carbons (Fsp3) is 0.429. The Balaban J connectivity index is 2.54. The summed E-state index contributed by atoms with van der Waals surface area (Å²) >= 11 is 3.24. The number of esters is 1. The molecule has 1 heterocycles. The normalized spacial score (nSPS) is 12.5. The molecule has 0 saturated carbocycles. The van der Waals surface area contributed by atoms with E-state index < -0.39 is 12.0 Å². The Morgan fingerprint density at radius 2 is 2.62 bits per heavy atom. The second kappa shape index (κ2) is 4.38. The highest BCUT2D eigenvalue weighted by atomic mass is 79.9. The number of nitrogens with two attached hydrogens (primary N) is 1. The van der Waals surface area contributed by atoms with Crippen LogP contribution < -0.4 is 5.73 Å². The van der Waals surface area contributed by atoms with Crippen LogP contribution in [-0.4, -0.2) is 28.9 Å². The van der Waals surface area contributed by atoms with Crippen LogP contribution in [0.1, 0.15) is 0 Å². The first-order valence-corrected chi connectivity index (χ1v) is 4.44. The molecule has 1 atom stereocenters. The lowest BCUT2D eigenvalue weighted by Crippen LogP contribution is -2.35. The Kier molecular flexibility index (Phi) is 3.44. The summed E-state index contributed by atoms with van der Waals surface area (Å²) in [5.41, 5.74) is 5.52. The summed E-state index contributed by atoms with van der Waals surface area (Å²) in [6, 6.07) is -0.670. The molecule has 0 saturated heterocycles. The minimum absolute atomic E-state index is 0.318. The Bertz CT molecular complexity index is 300. The quantitative estimate of drug-likeness (QED) is 0.773. The molecule has 0 spiro atoms. The molecule has 13 heavy (non-hydrogen) atoms. The maximum Gasteiger partial charge on any atom is 0.324 e. The number of halogens is 1. The van der Waals surface area contributed by atoms with Crippen molar-refractivity contribution in [2.45, 2.75) is 12.6 Å². The zero-order valence-electron chi connectivity index (χ0n) is 7.11. The first-order chi connectivity index (χ1) is 6.13. The summed E-state index contributed by atoms with van der Waals surface area (Å²) in [5.74, 6) is -0.438. The standard InChI is InChI=1S/C7H10BrN3O2/c1-13-7(12)6(9)4-11-3-5(8)2-10-11/h2-3,6H,4,9H2,1H3. The van der Waals surface area contributed by atoms with Gasteiger partial charge in [-0.25, -0.2) is 0 Å². The van der Waals surface area contributed by atoms with E-state index in [1.807, 2.05) is 0 Å². The fourth-order valence-electron chi connectivity index (χ4n) is 0.866. The molecular weight excluding hydrogens is 238 g/mol. The van der Waals surface area contributed by atoms with Crippen LogP contribution in [0.3, 0.4) is 0 Å². The first-order valence-electron chi connectivity index (χ1n) is 3.65. The van der Waals surface area contributed by atoms with Crippen molar-refractivity contribution >= 4 is 21.9 Å². The molecule has 0 bridgehead atoms. The topological polar surface area (TPSA) is 70.1 Å². The van der Waals surface area contributed by atoms with Crippen LogP contribution in [0.2, 0.25) is 0 Å². The highest BCUT2D eigenvalue weighted by molar-refractivity contribution is 9.10. The van der Waals surface area contributed by atoms with Crippen molar-refractivity contribution in [2.75, 3.05) is 7.11 Å². The van der Waals surface area contributed by atoms with Crippen LogP contribution >= 0.6 is 15.9 Å². The third kappa shape index (κ3) is 2.82. The molecule has 0 radical (unpaired) electrons. The highest BCUT2D eigenvalue weighted by Gasteiger charge is 2.14. The number of aromatic nitrogens is 2. The van der Waals surface area contributed by atoms with Gasteiger partial charge in [-0.3, -0.25) is 9.48 Å². The molecule has 72 valence electrons. The van der Waals surface area contributed by atoms with Gasteiger partial charge in [-0.1, -0.05) is 0 Å². The monoisotopic (exact) mass is 247 g/mol. The molecule has 0 fully saturated rings. The molecule has 1 aromatic heterocycles. The number of rotatable bonds is 3. The van der Waals surface area contributed by atoms with E-state index in [0.717, 1.165) is 4.47 Å². The Labute approximate surface area is 84.0 Å². The maximum atomic E-state index is 10.9. The number of nitrogens with zero attached hydrogens (tertiary/aromatic N) is 2. The zero-order chi connectivity index (χ0) is 9.84. The number of hydrogen-bond acceptors (Lipinski definition) is 4. The Hall–Kier alpha value is -0.880. The van der Waals surface area contributed by atoms with Crippen molar-refractivity contribution < 1.29 is 9.53 Å². The van der Waals surface area contributed by atoms with Crippen LogP contribution in [0.5, 0.6) is 0 Å². The van der Waals surface area contributed by atoms with Crippen molar-refractivity contribution in [3.63, 3.8) is 0 Å². The summed E-state index contributed by atoms with van der Waals surface area (Å²) in [6.07, 6.45) is 3.37. The van der Waals surface area contributed by atoms with Crippen molar-refractivity contribution in [2.24, 2.45) is 5.73 Å². The summed E-state index contributed by atoms with van der Waals surface area (Å²) in [6.45, 7) is 0.318. The van der Waals surface area contributed by atoms with Gasteiger partial charge < -0.3 is 10.5 Å². The van der Waals surface area contributed by atoms with Gasteiger partial charge in [0.15, 0.2) is 0 Å². The van der Waals surface area contributed by atoms with E-state index >= 15 is 0 Å². The van der Waals surface area contributed by atoms with Crippen LogP contribution in [0.4, 0.5) is 0 Å². The van der Waals surface area contributed by atoms with E-state index in [1.54, 1.807) is 17.1 Å². The number of carbonyl (C=O) groups is 1. The van der Waals surface area contributed by atoms with Crippen LogP contribution in [0.15, 0.2) is 16.9 Å². The van der Waals surface area contributed by atoms with Crippen molar-refractivity contribution in [3.05, 3.63) is 16.9 Å². The number of hydrogen-bond donors (Lipinski definition) is 1. The molecule has 6 heteroatoms. The zero-order valence-corrected chi connectivity index (χ0v) is 8.69. The predicted octanol–water partition coefficient (Wildman–Crippen LogP) is 0.146. The minimum Gasteiger partial charge on any atom is -0.468 e. The summed E-state index contributed by atoms with van der Waals surface area (Å²) in [4.78, 5) is 10.9. The Morgan fingerprint density at radius 3 is 3.08 bits per heavy atom. The SMILES string of the molecule is COC(=O)C(N)Cn1cc(Br)cn1. The molecule has 1 aromatic rings. The van der Waals surface area contributed by atoms with E-state index in [9.17, 15) is 4.79 Å². The lowest BCUT2D eigenvalue weighted by atomic mass is 10.3. The van der Waals surface area contributed by atoms with Gasteiger partial charge >= 0.3 is 5.97 Å². The van der Waals surface area contributed by atoms with Gasteiger partial charge in [0.2, 0.25) is 0 Å². The van der Waals surface area contributed by atoms with Crippen molar-refractivity contribution in [1.82, 2.24) is 9.78 Å². The molecule has 5 nitrogen and oxygen atoms in total. The average Bonchev–Trinajstić information content (AvgIpc) is 2.49. The number of ether oxygens (including phenoxy) is 1. The first kappa shape index (κ1) is 10.2. The lowest BCUT2D eigenvalue weighted by molar-refractivity contribution is -0.142. The average molecular weight is 248 g/mol. The molecule has 1 unspecified atom stereocenters. The predicted molar refractivity (Wildman–Crippen MR) is 49.9 cm³/mol. The maximum absolute atomic E-state index is 10.9. The lowest BCUT2D eigenvalue weighted by Gasteiger charge is -2.08. The largest absolute Gasteiger partial charge is 0.468 e. The second-order valence-electron chi connectivity index (χ2n) is 2.51. The van der Waals surface area contributed by atoms with Crippen molar-refractivity contribution in [3.8, 4) is 0 Å². The highest BCUT2D eigenvalue weighted by Crippen LogP contribution is 2.06. The Morgan fingerprint density at radius 1 is 1.92 bits per heavy atom. The molecule has 0 amide bonds. The third-order valence-corrected chi connectivity index (χ3v) is 1.90. The molecular formula is C7H10BrN3O2. The second-order valence-corrected chi connectivity index (χ2v) is 3.43. The third-order valence-electron chi connectivity index (χ3n) is 1.49. The molecule has 0 aliphatic rings. The summed E-state index contributed by atoms with van der Waals surface area (Å²) in [7, 11) is 1.31. The van der Waals surface area contributed by atoms with E-state index in [2.05, 4.69) is 25.8 Å². The van der Waals surface area contributed by atoms with Crippen LogP contribution in [0.25, 0.3) is 0 Å². The van der Waals surface area contributed by atoms with E-state index in [-0.39, 0.29) is 0 Å². The van der Waals surface area contributed by atoms with Gasteiger partial charge in [0.25, 0.3) is 0 Å². The molecule has 0 aromatic carbocycles. The van der Waals surface area contributed by atoms with Crippen LogP contribution in [-0.2, 0) is 16.1 Å². The molecule has 0 aliphatic carbocycles. The van der Waals surface area contributed by atoms with Crippen molar-refractivity contribution in [1.29, 1.82) is 0 Å². The molecule has 0 aliphatic heterocycles. The van der Waals surface area contributed by atoms with Gasteiger partial charge in [-0.05, 0) is 15.9 Å². The smallest absolute Gasteiger partial charge is 0.324 e. The fourth-order valence-corrected chi connectivity index (χ4v) is 1.19. The van der Waals surface area contributed by atoms with E-state index in [1.165, 1.54) is 7.11 Å². The summed E-state index contributed by atoms with van der Waals surface area (Å²) < 4.78 is 6.90.